The SMILES string of the molecule is Cc1ccc([S@](=O)C[C@@](O)(CC(C)(C)c2cc(Cl)cc3c2OCC3)C(F)(F)F)cc1. The predicted molar refractivity (Wildman–Crippen MR) is 112 cm³/mol. The van der Waals surface area contributed by atoms with Crippen LogP contribution < -0.4 is 4.74 Å². The van der Waals surface area contributed by atoms with Crippen molar-refractivity contribution in [1.29, 1.82) is 0 Å². The van der Waals surface area contributed by atoms with Gasteiger partial charge in [-0.2, -0.15) is 13.2 Å². The molecule has 3 rings (SSSR count). The van der Waals surface area contributed by atoms with Crippen LogP contribution in [0, 0.1) is 6.92 Å². The topological polar surface area (TPSA) is 46.5 Å². The summed E-state index contributed by atoms with van der Waals surface area (Å²) in [5.74, 6) is -0.430. The van der Waals surface area contributed by atoms with Crippen molar-refractivity contribution in [1.82, 2.24) is 0 Å². The fourth-order valence-electron chi connectivity index (χ4n) is 3.82. The van der Waals surface area contributed by atoms with E-state index in [1.807, 2.05) is 6.92 Å². The van der Waals surface area contributed by atoms with Crippen LogP contribution in [-0.4, -0.2) is 33.5 Å². The molecule has 0 unspecified atom stereocenters. The van der Waals surface area contributed by atoms with Gasteiger partial charge < -0.3 is 9.84 Å². The van der Waals surface area contributed by atoms with Gasteiger partial charge in [0.2, 0.25) is 0 Å². The van der Waals surface area contributed by atoms with Crippen LogP contribution in [0.3, 0.4) is 0 Å². The summed E-state index contributed by atoms with van der Waals surface area (Å²) in [6, 6.07) is 9.72. The molecule has 0 aromatic heterocycles. The number of rotatable bonds is 6. The Morgan fingerprint density at radius 2 is 1.80 bits per heavy atom. The van der Waals surface area contributed by atoms with Gasteiger partial charge in [0.05, 0.1) is 23.2 Å². The molecule has 1 aliphatic rings. The normalized spacial score (nSPS) is 17.2. The number of ether oxygens (including phenoxy) is 1. The Bertz CT molecular complexity index is 957. The van der Waals surface area contributed by atoms with Crippen LogP contribution in [-0.2, 0) is 22.6 Å². The molecule has 2 aromatic carbocycles. The Labute approximate surface area is 181 Å². The van der Waals surface area contributed by atoms with Crippen molar-refractivity contribution in [2.24, 2.45) is 0 Å². The van der Waals surface area contributed by atoms with Gasteiger partial charge >= 0.3 is 6.18 Å². The maximum atomic E-state index is 14.0. The minimum Gasteiger partial charge on any atom is -0.493 e. The third kappa shape index (κ3) is 4.68. The van der Waals surface area contributed by atoms with Gasteiger partial charge in [0.1, 0.15) is 5.75 Å². The summed E-state index contributed by atoms with van der Waals surface area (Å²) in [5.41, 5.74) is -2.05. The monoisotopic (exact) mass is 460 g/mol. The van der Waals surface area contributed by atoms with Gasteiger partial charge in [-0.15, -0.1) is 0 Å². The van der Waals surface area contributed by atoms with Crippen LogP contribution in [0.5, 0.6) is 5.75 Å². The molecule has 0 saturated heterocycles. The van der Waals surface area contributed by atoms with Crippen molar-refractivity contribution in [2.75, 3.05) is 12.4 Å². The second-order valence-corrected chi connectivity index (χ2v) is 10.3. The molecule has 30 heavy (non-hydrogen) atoms. The lowest BCUT2D eigenvalue weighted by Gasteiger charge is -2.38. The van der Waals surface area contributed by atoms with Crippen molar-refractivity contribution >= 4 is 22.4 Å². The Kier molecular flexibility index (Phi) is 6.29. The summed E-state index contributed by atoms with van der Waals surface area (Å²) in [6.45, 7) is 5.46. The van der Waals surface area contributed by atoms with E-state index in [0.717, 1.165) is 11.1 Å². The highest BCUT2D eigenvalue weighted by atomic mass is 35.5. The maximum absolute atomic E-state index is 14.0. The van der Waals surface area contributed by atoms with Gasteiger partial charge in [0.15, 0.2) is 5.60 Å². The lowest BCUT2D eigenvalue weighted by atomic mass is 9.74. The highest BCUT2D eigenvalue weighted by Crippen LogP contribution is 2.46. The molecule has 8 heteroatoms. The second kappa shape index (κ2) is 8.17. The smallest absolute Gasteiger partial charge is 0.418 e. The Hall–Kier alpha value is -1.57. The molecule has 0 spiro atoms. The summed E-state index contributed by atoms with van der Waals surface area (Å²) in [7, 11) is -2.03. The van der Waals surface area contributed by atoms with E-state index in [0.29, 0.717) is 29.4 Å². The van der Waals surface area contributed by atoms with Crippen molar-refractivity contribution in [3.8, 4) is 5.75 Å². The van der Waals surface area contributed by atoms with E-state index in [2.05, 4.69) is 0 Å². The van der Waals surface area contributed by atoms with E-state index in [4.69, 9.17) is 16.3 Å². The lowest BCUT2D eigenvalue weighted by molar-refractivity contribution is -0.257. The number of halogens is 4. The van der Waals surface area contributed by atoms with E-state index in [1.54, 1.807) is 38.1 Å². The molecule has 0 radical (unpaired) electrons. The largest absolute Gasteiger partial charge is 0.493 e. The van der Waals surface area contributed by atoms with Gasteiger partial charge in [-0.25, -0.2) is 0 Å². The number of hydrogen-bond acceptors (Lipinski definition) is 3. The Morgan fingerprint density at radius 1 is 1.17 bits per heavy atom. The summed E-state index contributed by atoms with van der Waals surface area (Å²) in [6.07, 6.45) is -5.02. The number of benzene rings is 2. The molecule has 2 atom stereocenters. The minimum absolute atomic E-state index is 0.244. The average molecular weight is 461 g/mol. The fourth-order valence-corrected chi connectivity index (χ4v) is 5.37. The fraction of sp³-hybridized carbons (Fsp3) is 0.455. The molecular weight excluding hydrogens is 437 g/mol. The zero-order valence-corrected chi connectivity index (χ0v) is 18.5. The highest BCUT2D eigenvalue weighted by molar-refractivity contribution is 7.85. The molecule has 3 nitrogen and oxygen atoms in total. The van der Waals surface area contributed by atoms with Gasteiger partial charge in [-0.3, -0.25) is 4.21 Å². The van der Waals surface area contributed by atoms with E-state index >= 15 is 0 Å². The summed E-state index contributed by atoms with van der Waals surface area (Å²) >= 11 is 6.18. The molecule has 0 fully saturated rings. The summed E-state index contributed by atoms with van der Waals surface area (Å²) in [4.78, 5) is 0.244. The number of aliphatic hydroxyl groups is 1. The maximum Gasteiger partial charge on any atom is 0.418 e. The van der Waals surface area contributed by atoms with Crippen LogP contribution in [0.2, 0.25) is 5.02 Å². The molecule has 0 saturated carbocycles. The van der Waals surface area contributed by atoms with Crippen molar-refractivity contribution < 1.29 is 27.2 Å². The third-order valence-corrected chi connectivity index (χ3v) is 7.15. The van der Waals surface area contributed by atoms with E-state index in [9.17, 15) is 22.5 Å². The average Bonchev–Trinajstić information content (AvgIpc) is 3.08. The predicted octanol–water partition coefficient (Wildman–Crippen LogP) is 5.35. The first-order chi connectivity index (χ1) is 13.8. The first-order valence-corrected chi connectivity index (χ1v) is 11.2. The van der Waals surface area contributed by atoms with Crippen LogP contribution in [0.1, 0.15) is 37.0 Å². The minimum atomic E-state index is -4.97. The molecule has 0 bridgehead atoms. The van der Waals surface area contributed by atoms with Crippen LogP contribution in [0.15, 0.2) is 41.3 Å². The number of hydrogen-bond donors (Lipinski definition) is 1. The first kappa shape index (κ1) is 23.1. The van der Waals surface area contributed by atoms with E-state index in [1.165, 1.54) is 12.1 Å². The molecular formula is C22H24ClF3O3S. The van der Waals surface area contributed by atoms with E-state index < -0.39 is 40.2 Å². The van der Waals surface area contributed by atoms with Gasteiger partial charge in [-0.1, -0.05) is 43.1 Å². The molecule has 1 N–H and O–H groups in total. The number of fused-ring (bicyclic) bond motifs is 1. The van der Waals surface area contributed by atoms with E-state index in [-0.39, 0.29) is 4.90 Å². The zero-order chi connectivity index (χ0) is 22.3. The summed E-state index contributed by atoms with van der Waals surface area (Å²) in [5, 5.41) is 11.2. The van der Waals surface area contributed by atoms with Crippen molar-refractivity contribution in [3.05, 3.63) is 58.1 Å². The third-order valence-electron chi connectivity index (χ3n) is 5.39. The Balaban J connectivity index is 1.94. The summed E-state index contributed by atoms with van der Waals surface area (Å²) < 4.78 is 60.3. The standard InChI is InChI=1S/C22H24ClF3O3S/c1-14-4-6-17(7-5-14)30(28)13-21(27,22(24,25)26)12-20(2,3)18-11-16(23)10-15-8-9-29-19(15)18/h4-7,10-11,27H,8-9,12-13H2,1-3H3/t21-,30+/m0/s1. The van der Waals surface area contributed by atoms with Crippen LogP contribution >= 0.6 is 11.6 Å². The van der Waals surface area contributed by atoms with Crippen LogP contribution in [0.25, 0.3) is 0 Å². The first-order valence-electron chi connectivity index (χ1n) is 9.52. The van der Waals surface area contributed by atoms with Crippen molar-refractivity contribution in [3.63, 3.8) is 0 Å². The molecule has 1 aliphatic heterocycles. The number of alkyl halides is 3. The lowest BCUT2D eigenvalue weighted by Crippen LogP contribution is -2.53. The van der Waals surface area contributed by atoms with Crippen molar-refractivity contribution in [2.45, 2.75) is 55.7 Å². The van der Waals surface area contributed by atoms with Gasteiger partial charge in [0.25, 0.3) is 0 Å². The molecule has 1 heterocycles. The quantitative estimate of drug-likeness (QED) is 0.632. The molecule has 0 amide bonds. The highest BCUT2D eigenvalue weighted by Gasteiger charge is 2.57. The molecule has 0 aliphatic carbocycles. The van der Waals surface area contributed by atoms with Crippen LogP contribution in [0.4, 0.5) is 13.2 Å². The number of aryl methyl sites for hydroxylation is 1. The Morgan fingerprint density at radius 3 is 2.40 bits per heavy atom. The molecule has 164 valence electrons. The van der Waals surface area contributed by atoms with Gasteiger partial charge in [-0.05, 0) is 48.6 Å². The second-order valence-electron chi connectivity index (χ2n) is 8.43. The zero-order valence-electron chi connectivity index (χ0n) is 17.0. The van der Waals surface area contributed by atoms with Gasteiger partial charge in [0, 0.05) is 21.9 Å². The molecule has 2 aromatic rings.